The van der Waals surface area contributed by atoms with E-state index in [-0.39, 0.29) is 19.0 Å². The smallest absolute Gasteiger partial charge is 0.324 e. The molecule has 1 fully saturated rings. The topological polar surface area (TPSA) is 52.6 Å². The highest BCUT2D eigenvalue weighted by Gasteiger charge is 2.53. The van der Waals surface area contributed by atoms with E-state index < -0.39 is 11.4 Å². The van der Waals surface area contributed by atoms with Gasteiger partial charge in [0.05, 0.1) is 20.3 Å². The lowest BCUT2D eigenvalue weighted by Gasteiger charge is -2.36. The first-order valence-corrected chi connectivity index (χ1v) is 5.79. The Hall–Kier alpha value is -1.68. The Morgan fingerprint density at radius 1 is 1.22 bits per heavy atom. The van der Waals surface area contributed by atoms with Gasteiger partial charge in [0, 0.05) is 5.56 Å². The van der Waals surface area contributed by atoms with Crippen molar-refractivity contribution in [3.05, 3.63) is 34.9 Å². The molecule has 0 spiro atoms. The number of ketones is 1. The van der Waals surface area contributed by atoms with Gasteiger partial charge in [0.15, 0.2) is 11.2 Å². The van der Waals surface area contributed by atoms with Crippen molar-refractivity contribution in [2.45, 2.75) is 13.8 Å². The van der Waals surface area contributed by atoms with Crippen LogP contribution >= 0.6 is 0 Å². The lowest BCUT2D eigenvalue weighted by molar-refractivity contribution is -0.172. The Morgan fingerprint density at radius 3 is 2.33 bits per heavy atom. The molecule has 0 atom stereocenters. The number of carbonyl (C=O) groups is 2. The first kappa shape index (κ1) is 12.8. The van der Waals surface area contributed by atoms with Gasteiger partial charge in [0.25, 0.3) is 0 Å². The summed E-state index contributed by atoms with van der Waals surface area (Å²) in [5.41, 5.74) is 1.53. The summed E-state index contributed by atoms with van der Waals surface area (Å²) >= 11 is 0. The molecule has 0 aromatic heterocycles. The zero-order valence-corrected chi connectivity index (χ0v) is 10.8. The first-order valence-electron chi connectivity index (χ1n) is 5.79. The third kappa shape index (κ3) is 1.82. The molecule has 2 rings (SSSR count). The molecule has 0 aliphatic carbocycles. The SMILES string of the molecule is COC(=O)C1(C(=O)c2ccc(C)c(C)c2)COC1. The third-order valence-electron chi connectivity index (χ3n) is 3.48. The second kappa shape index (κ2) is 4.53. The molecule has 1 aliphatic heterocycles. The predicted octanol–water partition coefficient (Wildman–Crippen LogP) is 1.68. The number of benzene rings is 1. The van der Waals surface area contributed by atoms with E-state index in [1.807, 2.05) is 19.9 Å². The summed E-state index contributed by atoms with van der Waals surface area (Å²) in [6.07, 6.45) is 0. The van der Waals surface area contributed by atoms with Gasteiger partial charge >= 0.3 is 5.97 Å². The van der Waals surface area contributed by atoms with Gasteiger partial charge in [-0.05, 0) is 31.0 Å². The van der Waals surface area contributed by atoms with Gasteiger partial charge in [-0.2, -0.15) is 0 Å². The maximum atomic E-state index is 12.4. The monoisotopic (exact) mass is 248 g/mol. The summed E-state index contributed by atoms with van der Waals surface area (Å²) < 4.78 is 9.75. The van der Waals surface area contributed by atoms with E-state index in [1.54, 1.807) is 12.1 Å². The molecular weight excluding hydrogens is 232 g/mol. The largest absolute Gasteiger partial charge is 0.468 e. The molecule has 1 saturated heterocycles. The van der Waals surface area contributed by atoms with Crippen LogP contribution in [-0.4, -0.2) is 32.1 Å². The van der Waals surface area contributed by atoms with E-state index in [9.17, 15) is 9.59 Å². The fraction of sp³-hybridized carbons (Fsp3) is 0.429. The molecule has 0 N–H and O–H groups in total. The number of esters is 1. The summed E-state index contributed by atoms with van der Waals surface area (Å²) in [5, 5.41) is 0. The fourth-order valence-corrected chi connectivity index (χ4v) is 2.00. The molecule has 1 heterocycles. The summed E-state index contributed by atoms with van der Waals surface area (Å²) in [5.74, 6) is -0.735. The van der Waals surface area contributed by atoms with Gasteiger partial charge in [-0.1, -0.05) is 12.1 Å². The minimum Gasteiger partial charge on any atom is -0.468 e. The van der Waals surface area contributed by atoms with Gasteiger partial charge in [-0.3, -0.25) is 9.59 Å². The van der Waals surface area contributed by atoms with Crippen LogP contribution in [0.3, 0.4) is 0 Å². The number of Topliss-reactive ketones (excluding diaryl/α,β-unsaturated/α-hetero) is 1. The van der Waals surface area contributed by atoms with Crippen LogP contribution in [0.25, 0.3) is 0 Å². The van der Waals surface area contributed by atoms with Crippen molar-refractivity contribution >= 4 is 11.8 Å². The van der Waals surface area contributed by atoms with Crippen LogP contribution in [0.5, 0.6) is 0 Å². The van der Waals surface area contributed by atoms with Crippen LogP contribution in [0.1, 0.15) is 21.5 Å². The summed E-state index contributed by atoms with van der Waals surface area (Å²) in [4.78, 5) is 24.2. The lowest BCUT2D eigenvalue weighted by Crippen LogP contribution is -2.55. The van der Waals surface area contributed by atoms with E-state index in [4.69, 9.17) is 9.47 Å². The molecule has 96 valence electrons. The van der Waals surface area contributed by atoms with E-state index >= 15 is 0 Å². The van der Waals surface area contributed by atoms with E-state index in [0.717, 1.165) is 11.1 Å². The minimum absolute atomic E-state index is 0.103. The Balaban J connectivity index is 2.35. The second-order valence-corrected chi connectivity index (χ2v) is 4.69. The second-order valence-electron chi connectivity index (χ2n) is 4.69. The minimum atomic E-state index is -1.14. The van der Waals surface area contributed by atoms with Crippen LogP contribution < -0.4 is 0 Å². The number of ether oxygens (including phenoxy) is 2. The summed E-state index contributed by atoms with van der Waals surface area (Å²) in [6.45, 7) is 4.12. The Morgan fingerprint density at radius 2 is 1.89 bits per heavy atom. The average Bonchev–Trinajstić information content (AvgIpc) is 2.30. The van der Waals surface area contributed by atoms with Crippen LogP contribution in [0, 0.1) is 19.3 Å². The van der Waals surface area contributed by atoms with Crippen molar-refractivity contribution in [1.29, 1.82) is 0 Å². The predicted molar refractivity (Wildman–Crippen MR) is 65.5 cm³/mol. The van der Waals surface area contributed by atoms with Crippen LogP contribution in [0.15, 0.2) is 18.2 Å². The molecule has 4 heteroatoms. The summed E-state index contributed by atoms with van der Waals surface area (Å²) in [6, 6.07) is 5.43. The zero-order chi connectivity index (χ0) is 13.3. The van der Waals surface area contributed by atoms with Crippen molar-refractivity contribution in [2.24, 2.45) is 5.41 Å². The lowest BCUT2D eigenvalue weighted by atomic mass is 9.78. The van der Waals surface area contributed by atoms with Gasteiger partial charge in [-0.25, -0.2) is 0 Å². The molecule has 0 saturated carbocycles. The maximum absolute atomic E-state index is 12.4. The van der Waals surface area contributed by atoms with E-state index in [2.05, 4.69) is 0 Å². The van der Waals surface area contributed by atoms with E-state index in [0.29, 0.717) is 5.56 Å². The highest BCUT2D eigenvalue weighted by atomic mass is 16.5. The first-order chi connectivity index (χ1) is 8.51. The highest BCUT2D eigenvalue weighted by Crippen LogP contribution is 2.33. The number of hydrogen-bond acceptors (Lipinski definition) is 4. The molecule has 18 heavy (non-hydrogen) atoms. The van der Waals surface area contributed by atoms with Crippen molar-refractivity contribution in [3.63, 3.8) is 0 Å². The van der Waals surface area contributed by atoms with Gasteiger partial charge in [-0.15, -0.1) is 0 Å². The number of aryl methyl sites for hydroxylation is 2. The molecule has 1 aliphatic rings. The average molecular weight is 248 g/mol. The van der Waals surface area contributed by atoms with Gasteiger partial charge in [0.2, 0.25) is 0 Å². The molecule has 4 nitrogen and oxygen atoms in total. The van der Waals surface area contributed by atoms with Crippen molar-refractivity contribution < 1.29 is 19.1 Å². The Bertz CT molecular complexity index is 501. The highest BCUT2D eigenvalue weighted by molar-refractivity contribution is 6.13. The quantitative estimate of drug-likeness (QED) is 0.464. The van der Waals surface area contributed by atoms with Crippen molar-refractivity contribution in [2.75, 3.05) is 20.3 Å². The fourth-order valence-electron chi connectivity index (χ4n) is 2.00. The standard InChI is InChI=1S/C14H16O4/c1-9-4-5-11(6-10(9)2)12(15)14(7-18-8-14)13(16)17-3/h4-6H,7-8H2,1-3H3. The molecule has 1 aromatic rings. The van der Waals surface area contributed by atoms with Crippen molar-refractivity contribution in [1.82, 2.24) is 0 Å². The van der Waals surface area contributed by atoms with Crippen LogP contribution in [-0.2, 0) is 14.3 Å². The number of hydrogen-bond donors (Lipinski definition) is 0. The number of methoxy groups -OCH3 is 1. The van der Waals surface area contributed by atoms with Gasteiger partial charge in [0.1, 0.15) is 0 Å². The van der Waals surface area contributed by atoms with Crippen LogP contribution in [0.4, 0.5) is 0 Å². The number of carbonyl (C=O) groups excluding carboxylic acids is 2. The molecular formula is C14H16O4. The van der Waals surface area contributed by atoms with E-state index in [1.165, 1.54) is 7.11 Å². The Labute approximate surface area is 106 Å². The molecule has 0 bridgehead atoms. The number of rotatable bonds is 3. The third-order valence-corrected chi connectivity index (χ3v) is 3.48. The molecule has 0 amide bonds. The normalized spacial score (nSPS) is 16.8. The molecule has 0 radical (unpaired) electrons. The summed E-state index contributed by atoms with van der Waals surface area (Å²) in [7, 11) is 1.29. The van der Waals surface area contributed by atoms with Crippen LogP contribution in [0.2, 0.25) is 0 Å². The Kier molecular flexibility index (Phi) is 3.22. The maximum Gasteiger partial charge on any atom is 0.324 e. The zero-order valence-electron chi connectivity index (χ0n) is 10.8. The van der Waals surface area contributed by atoms with Gasteiger partial charge < -0.3 is 9.47 Å². The van der Waals surface area contributed by atoms with Crippen molar-refractivity contribution in [3.8, 4) is 0 Å². The molecule has 0 unspecified atom stereocenters. The molecule has 1 aromatic carbocycles.